The highest BCUT2D eigenvalue weighted by Crippen LogP contribution is 2.43. The van der Waals surface area contributed by atoms with Crippen LogP contribution in [0.3, 0.4) is 0 Å². The van der Waals surface area contributed by atoms with Crippen molar-refractivity contribution in [2.75, 3.05) is 19.1 Å². The molecule has 0 fully saturated rings. The number of hydrogen-bond donors (Lipinski definition) is 0. The Balaban J connectivity index is 1.81. The summed E-state index contributed by atoms with van der Waals surface area (Å²) >= 11 is 1.21. The number of benzene rings is 2. The third-order valence-corrected chi connectivity index (χ3v) is 6.11. The molecule has 1 aliphatic heterocycles. The van der Waals surface area contributed by atoms with Gasteiger partial charge < -0.3 is 13.9 Å². The van der Waals surface area contributed by atoms with Crippen LogP contribution in [-0.4, -0.2) is 30.3 Å². The zero-order valence-electron chi connectivity index (χ0n) is 17.2. The predicted octanol–water partition coefficient (Wildman–Crippen LogP) is 3.86. The molecule has 4 aromatic rings. The van der Waals surface area contributed by atoms with E-state index in [1.807, 2.05) is 0 Å². The molecular formula is C22H16FN3O5S. The molecule has 1 amide bonds. The van der Waals surface area contributed by atoms with Crippen LogP contribution in [-0.2, 0) is 0 Å². The quantitative estimate of drug-likeness (QED) is 0.463. The second kappa shape index (κ2) is 7.41. The number of amides is 1. The van der Waals surface area contributed by atoms with Gasteiger partial charge >= 0.3 is 0 Å². The number of ether oxygens (including phenoxy) is 2. The number of anilines is 1. The van der Waals surface area contributed by atoms with Crippen LogP contribution in [0.2, 0.25) is 0 Å². The van der Waals surface area contributed by atoms with Gasteiger partial charge in [-0.15, -0.1) is 10.2 Å². The summed E-state index contributed by atoms with van der Waals surface area (Å²) in [6.07, 6.45) is 0. The van der Waals surface area contributed by atoms with Crippen molar-refractivity contribution in [2.45, 2.75) is 13.0 Å². The van der Waals surface area contributed by atoms with Gasteiger partial charge in [0.1, 0.15) is 16.4 Å². The molecule has 0 spiro atoms. The fourth-order valence-electron chi connectivity index (χ4n) is 3.86. The second-order valence-corrected chi connectivity index (χ2v) is 8.27. The maximum absolute atomic E-state index is 13.9. The molecule has 5 rings (SSSR count). The van der Waals surface area contributed by atoms with E-state index >= 15 is 0 Å². The van der Waals surface area contributed by atoms with Crippen molar-refractivity contribution in [3.63, 3.8) is 0 Å². The minimum absolute atomic E-state index is 0.0531. The standard InChI is InChI=1S/C22H16FN3O5S/c1-10-24-25-22(32-10)26-18(11-4-6-15(29-2)16(8-11)30-3)17-19(27)13-9-12(23)5-7-14(13)31-20(17)21(26)28/h4-9,18H,1-3H3. The smallest absolute Gasteiger partial charge is 0.297 e. The maximum atomic E-state index is 13.9. The van der Waals surface area contributed by atoms with Gasteiger partial charge in [0, 0.05) is 0 Å². The lowest BCUT2D eigenvalue weighted by Crippen LogP contribution is -2.29. The van der Waals surface area contributed by atoms with Crippen LogP contribution in [0, 0.1) is 12.7 Å². The zero-order chi connectivity index (χ0) is 22.6. The Morgan fingerprint density at radius 1 is 1.06 bits per heavy atom. The molecule has 162 valence electrons. The van der Waals surface area contributed by atoms with Crippen molar-refractivity contribution < 1.29 is 23.1 Å². The molecule has 1 atom stereocenters. The monoisotopic (exact) mass is 453 g/mol. The van der Waals surface area contributed by atoms with Gasteiger partial charge in [-0.05, 0) is 42.8 Å². The summed E-state index contributed by atoms with van der Waals surface area (Å²) in [4.78, 5) is 28.3. The van der Waals surface area contributed by atoms with Crippen molar-refractivity contribution >= 4 is 33.3 Å². The van der Waals surface area contributed by atoms with E-state index in [1.54, 1.807) is 25.1 Å². The third kappa shape index (κ3) is 2.94. The van der Waals surface area contributed by atoms with Crippen molar-refractivity contribution in [3.8, 4) is 11.5 Å². The van der Waals surface area contributed by atoms with Gasteiger partial charge in [0.2, 0.25) is 10.9 Å². The Morgan fingerprint density at radius 3 is 2.53 bits per heavy atom. The highest BCUT2D eigenvalue weighted by molar-refractivity contribution is 7.15. The van der Waals surface area contributed by atoms with E-state index in [0.29, 0.717) is 27.2 Å². The predicted molar refractivity (Wildman–Crippen MR) is 115 cm³/mol. The second-order valence-electron chi connectivity index (χ2n) is 7.11. The van der Waals surface area contributed by atoms with E-state index < -0.39 is 23.2 Å². The average Bonchev–Trinajstić information content (AvgIpc) is 3.34. The normalized spacial score (nSPS) is 15.3. The van der Waals surface area contributed by atoms with Crippen molar-refractivity contribution in [2.24, 2.45) is 0 Å². The van der Waals surface area contributed by atoms with Gasteiger partial charge in [0.15, 0.2) is 16.9 Å². The first kappa shape index (κ1) is 20.1. The average molecular weight is 453 g/mol. The lowest BCUT2D eigenvalue weighted by atomic mass is 9.98. The summed E-state index contributed by atoms with van der Waals surface area (Å²) < 4.78 is 30.4. The number of fused-ring (bicyclic) bond motifs is 2. The minimum atomic E-state index is -0.867. The van der Waals surface area contributed by atoms with E-state index in [0.717, 1.165) is 6.07 Å². The van der Waals surface area contributed by atoms with E-state index in [2.05, 4.69) is 10.2 Å². The molecule has 3 heterocycles. The van der Waals surface area contributed by atoms with Gasteiger partial charge in [-0.3, -0.25) is 14.5 Å². The number of hydrogen-bond acceptors (Lipinski definition) is 8. The van der Waals surface area contributed by atoms with Crippen LogP contribution < -0.4 is 19.8 Å². The van der Waals surface area contributed by atoms with E-state index in [-0.39, 0.29) is 22.3 Å². The number of nitrogens with zero attached hydrogens (tertiary/aromatic N) is 3. The molecular weight excluding hydrogens is 437 g/mol. The molecule has 1 aliphatic rings. The lowest BCUT2D eigenvalue weighted by Gasteiger charge is -2.23. The third-order valence-electron chi connectivity index (χ3n) is 5.28. The number of aromatic nitrogens is 2. The first-order valence-electron chi connectivity index (χ1n) is 9.54. The summed E-state index contributed by atoms with van der Waals surface area (Å²) in [5.74, 6) is -0.295. The number of halogens is 1. The summed E-state index contributed by atoms with van der Waals surface area (Å²) in [5.41, 5.74) is 0.321. The fourth-order valence-corrected chi connectivity index (χ4v) is 4.58. The van der Waals surface area contributed by atoms with E-state index in [1.165, 1.54) is 42.6 Å². The molecule has 8 nitrogen and oxygen atoms in total. The Labute approximate surface area is 184 Å². The summed E-state index contributed by atoms with van der Waals surface area (Å²) in [6, 6.07) is 7.84. The molecule has 0 aliphatic carbocycles. The molecule has 0 saturated carbocycles. The highest BCUT2D eigenvalue weighted by atomic mass is 32.1. The summed E-state index contributed by atoms with van der Waals surface area (Å²) in [5, 5.41) is 9.14. The van der Waals surface area contributed by atoms with Crippen LogP contribution in [0.25, 0.3) is 11.0 Å². The number of rotatable bonds is 4. The molecule has 0 saturated heterocycles. The Hall–Kier alpha value is -3.79. The number of carbonyl (C=O) groups excluding carboxylic acids is 1. The molecule has 2 aromatic heterocycles. The lowest BCUT2D eigenvalue weighted by molar-refractivity contribution is 0.0970. The van der Waals surface area contributed by atoms with Gasteiger partial charge in [-0.2, -0.15) is 0 Å². The van der Waals surface area contributed by atoms with Crippen molar-refractivity contribution in [1.82, 2.24) is 10.2 Å². The van der Waals surface area contributed by atoms with Crippen LogP contribution in [0.15, 0.2) is 45.6 Å². The minimum Gasteiger partial charge on any atom is -0.493 e. The molecule has 0 bridgehead atoms. The zero-order valence-corrected chi connectivity index (χ0v) is 18.0. The Morgan fingerprint density at radius 2 is 1.84 bits per heavy atom. The maximum Gasteiger partial charge on any atom is 0.297 e. The highest BCUT2D eigenvalue weighted by Gasteiger charge is 2.45. The van der Waals surface area contributed by atoms with Gasteiger partial charge in [-0.25, -0.2) is 4.39 Å². The Kier molecular flexibility index (Phi) is 4.66. The molecule has 2 aromatic carbocycles. The fraction of sp³-hybridized carbons (Fsp3) is 0.182. The Bertz CT molecular complexity index is 1450. The first-order valence-corrected chi connectivity index (χ1v) is 10.4. The van der Waals surface area contributed by atoms with Gasteiger partial charge in [0.05, 0.1) is 31.2 Å². The van der Waals surface area contributed by atoms with Crippen LogP contribution in [0.5, 0.6) is 11.5 Å². The van der Waals surface area contributed by atoms with Gasteiger partial charge in [0.25, 0.3) is 5.91 Å². The summed E-state index contributed by atoms with van der Waals surface area (Å²) in [6.45, 7) is 1.76. The molecule has 0 N–H and O–H groups in total. The number of aryl methyl sites for hydroxylation is 1. The summed E-state index contributed by atoms with van der Waals surface area (Å²) in [7, 11) is 3.00. The molecule has 0 radical (unpaired) electrons. The molecule has 1 unspecified atom stereocenters. The SMILES string of the molecule is COc1ccc(C2c3c(oc4ccc(F)cc4c3=O)C(=O)N2c2nnc(C)s2)cc1OC. The van der Waals surface area contributed by atoms with Crippen LogP contribution >= 0.6 is 11.3 Å². The van der Waals surface area contributed by atoms with E-state index in [4.69, 9.17) is 13.9 Å². The van der Waals surface area contributed by atoms with Gasteiger partial charge in [-0.1, -0.05) is 17.4 Å². The van der Waals surface area contributed by atoms with Crippen LogP contribution in [0.1, 0.15) is 32.7 Å². The molecule has 32 heavy (non-hydrogen) atoms. The largest absolute Gasteiger partial charge is 0.493 e. The van der Waals surface area contributed by atoms with Crippen LogP contribution in [0.4, 0.5) is 9.52 Å². The van der Waals surface area contributed by atoms with E-state index in [9.17, 15) is 14.0 Å². The number of methoxy groups -OCH3 is 2. The first-order chi connectivity index (χ1) is 15.4. The number of carbonyl (C=O) groups is 1. The van der Waals surface area contributed by atoms with Crippen molar-refractivity contribution in [3.05, 3.63) is 74.3 Å². The molecule has 10 heteroatoms. The topological polar surface area (TPSA) is 94.8 Å². The van der Waals surface area contributed by atoms with Crippen molar-refractivity contribution in [1.29, 1.82) is 0 Å².